The second-order valence-corrected chi connectivity index (χ2v) is 4.18. The topological polar surface area (TPSA) is 29.3 Å². The van der Waals surface area contributed by atoms with Gasteiger partial charge in [-0.05, 0) is 38.7 Å². The van der Waals surface area contributed by atoms with Gasteiger partial charge in [-0.15, -0.1) is 0 Å². The molecule has 0 saturated heterocycles. The Morgan fingerprint density at radius 1 is 1.27 bits per heavy atom. The lowest BCUT2D eigenvalue weighted by molar-refractivity contribution is 0.180. The molecular weight excluding hydrogens is 198 g/mol. The van der Waals surface area contributed by atoms with Crippen molar-refractivity contribution in [3.8, 4) is 0 Å². The van der Waals surface area contributed by atoms with Gasteiger partial charge in [0.05, 0.1) is 5.66 Å². The van der Waals surface area contributed by atoms with E-state index in [9.17, 15) is 8.78 Å². The molecule has 0 aliphatic rings. The van der Waals surface area contributed by atoms with Crippen molar-refractivity contribution >= 4 is 0 Å². The molecule has 1 atom stereocenters. The number of rotatable bonds is 3. The van der Waals surface area contributed by atoms with E-state index in [1.165, 1.54) is 6.07 Å². The maximum Gasteiger partial charge on any atom is 0.159 e. The van der Waals surface area contributed by atoms with Crippen molar-refractivity contribution in [2.24, 2.45) is 5.73 Å². The Kier molecular flexibility index (Phi) is 3.42. The van der Waals surface area contributed by atoms with E-state index in [0.29, 0.717) is 12.0 Å². The van der Waals surface area contributed by atoms with Gasteiger partial charge in [0.25, 0.3) is 0 Å². The minimum absolute atomic E-state index is 0.469. The second kappa shape index (κ2) is 4.24. The number of nitrogens with zero attached hydrogens (tertiary/aromatic N) is 1. The molecular formula is C11H16F2N2. The molecule has 84 valence electrons. The summed E-state index contributed by atoms with van der Waals surface area (Å²) in [4.78, 5) is 1.84. The van der Waals surface area contributed by atoms with Crippen LogP contribution in [0.2, 0.25) is 0 Å². The lowest BCUT2D eigenvalue weighted by atomic mass is 10.0. The van der Waals surface area contributed by atoms with Crippen LogP contribution >= 0.6 is 0 Å². The molecule has 0 radical (unpaired) electrons. The summed E-state index contributed by atoms with van der Waals surface area (Å²) in [6.45, 7) is 1.84. The molecule has 0 bridgehead atoms. The summed E-state index contributed by atoms with van der Waals surface area (Å²) < 4.78 is 25.6. The Balaban J connectivity index is 2.86. The summed E-state index contributed by atoms with van der Waals surface area (Å²) in [5.74, 6) is -1.66. The van der Waals surface area contributed by atoms with Crippen LogP contribution < -0.4 is 5.73 Å². The predicted octanol–water partition coefficient (Wildman–Crippen LogP) is 1.74. The van der Waals surface area contributed by atoms with Crippen molar-refractivity contribution in [3.63, 3.8) is 0 Å². The SMILES string of the molecule is CN(C)C(C)(N)Cc1ccc(F)c(F)c1. The van der Waals surface area contributed by atoms with Crippen LogP contribution in [0.25, 0.3) is 0 Å². The van der Waals surface area contributed by atoms with Crippen LogP contribution in [0.5, 0.6) is 0 Å². The molecule has 0 aliphatic heterocycles. The quantitative estimate of drug-likeness (QED) is 0.777. The first-order chi connectivity index (χ1) is 6.83. The molecule has 4 heteroatoms. The van der Waals surface area contributed by atoms with Gasteiger partial charge in [0.15, 0.2) is 11.6 Å². The van der Waals surface area contributed by atoms with Crippen LogP contribution in [0.1, 0.15) is 12.5 Å². The standard InChI is InChI=1S/C11H16F2N2/c1-11(14,15(2)3)7-8-4-5-9(12)10(13)6-8/h4-6H,7,14H2,1-3H3. The normalized spacial score (nSPS) is 15.4. The average molecular weight is 214 g/mol. The van der Waals surface area contributed by atoms with Crippen molar-refractivity contribution < 1.29 is 8.78 Å². The minimum Gasteiger partial charge on any atom is -0.313 e. The van der Waals surface area contributed by atoms with Crippen LogP contribution in [-0.2, 0) is 6.42 Å². The van der Waals surface area contributed by atoms with E-state index >= 15 is 0 Å². The fourth-order valence-corrected chi connectivity index (χ4v) is 1.22. The van der Waals surface area contributed by atoms with Gasteiger partial charge in [-0.25, -0.2) is 8.78 Å². The van der Waals surface area contributed by atoms with Crippen molar-refractivity contribution in [3.05, 3.63) is 35.4 Å². The van der Waals surface area contributed by atoms with Crippen molar-refractivity contribution in [2.75, 3.05) is 14.1 Å². The van der Waals surface area contributed by atoms with Crippen molar-refractivity contribution in [1.29, 1.82) is 0 Å². The zero-order valence-corrected chi connectivity index (χ0v) is 9.22. The monoisotopic (exact) mass is 214 g/mol. The Bertz CT molecular complexity index is 348. The molecule has 0 fully saturated rings. The molecule has 0 aliphatic carbocycles. The number of nitrogens with two attached hydrogens (primary N) is 1. The predicted molar refractivity (Wildman–Crippen MR) is 56.3 cm³/mol. The Hall–Kier alpha value is -1.00. The molecule has 2 N–H and O–H groups in total. The zero-order chi connectivity index (χ0) is 11.6. The number of hydrogen-bond donors (Lipinski definition) is 1. The maximum absolute atomic E-state index is 12.9. The molecule has 0 saturated carbocycles. The lowest BCUT2D eigenvalue weighted by Gasteiger charge is -2.32. The maximum atomic E-state index is 12.9. The van der Waals surface area contributed by atoms with Gasteiger partial charge in [0.1, 0.15) is 0 Å². The molecule has 1 unspecified atom stereocenters. The highest BCUT2D eigenvalue weighted by molar-refractivity contribution is 5.19. The number of benzene rings is 1. The fourth-order valence-electron chi connectivity index (χ4n) is 1.22. The highest BCUT2D eigenvalue weighted by Crippen LogP contribution is 2.15. The smallest absolute Gasteiger partial charge is 0.159 e. The second-order valence-electron chi connectivity index (χ2n) is 4.18. The highest BCUT2D eigenvalue weighted by Gasteiger charge is 2.21. The molecule has 1 aromatic rings. The number of hydrogen-bond acceptors (Lipinski definition) is 2. The van der Waals surface area contributed by atoms with Gasteiger partial charge in [-0.2, -0.15) is 0 Å². The Morgan fingerprint density at radius 3 is 2.33 bits per heavy atom. The molecule has 0 aromatic heterocycles. The third-order valence-electron chi connectivity index (χ3n) is 2.57. The largest absolute Gasteiger partial charge is 0.313 e. The molecule has 2 nitrogen and oxygen atoms in total. The van der Waals surface area contributed by atoms with E-state index in [-0.39, 0.29) is 0 Å². The van der Waals surface area contributed by atoms with E-state index in [1.54, 1.807) is 6.07 Å². The van der Waals surface area contributed by atoms with Crippen LogP contribution in [-0.4, -0.2) is 24.7 Å². The lowest BCUT2D eigenvalue weighted by Crippen LogP contribution is -2.51. The summed E-state index contributed by atoms with van der Waals surface area (Å²) in [5.41, 5.74) is 6.11. The van der Waals surface area contributed by atoms with Gasteiger partial charge in [-0.1, -0.05) is 6.07 Å². The fraction of sp³-hybridized carbons (Fsp3) is 0.455. The first-order valence-corrected chi connectivity index (χ1v) is 4.73. The van der Waals surface area contributed by atoms with E-state index in [0.717, 1.165) is 6.07 Å². The summed E-state index contributed by atoms with van der Waals surface area (Å²) in [6, 6.07) is 3.85. The van der Waals surface area contributed by atoms with E-state index in [4.69, 9.17) is 5.73 Å². The van der Waals surface area contributed by atoms with E-state index in [1.807, 2.05) is 25.9 Å². The van der Waals surface area contributed by atoms with Crippen LogP contribution in [0, 0.1) is 11.6 Å². The van der Waals surface area contributed by atoms with Gasteiger partial charge in [0, 0.05) is 6.42 Å². The highest BCUT2D eigenvalue weighted by atomic mass is 19.2. The summed E-state index contributed by atoms with van der Waals surface area (Å²) in [5, 5.41) is 0. The van der Waals surface area contributed by atoms with Crippen LogP contribution in [0.15, 0.2) is 18.2 Å². The van der Waals surface area contributed by atoms with Gasteiger partial charge >= 0.3 is 0 Å². The van der Waals surface area contributed by atoms with Crippen molar-refractivity contribution in [1.82, 2.24) is 4.90 Å². The first-order valence-electron chi connectivity index (χ1n) is 4.73. The van der Waals surface area contributed by atoms with Crippen LogP contribution in [0.4, 0.5) is 8.78 Å². The minimum atomic E-state index is -0.831. The number of halogens is 2. The number of likely N-dealkylation sites (N-methyl/N-ethyl adjacent to an activating group) is 1. The molecule has 15 heavy (non-hydrogen) atoms. The average Bonchev–Trinajstić information content (AvgIpc) is 2.10. The first kappa shape index (κ1) is 12.1. The molecule has 0 heterocycles. The van der Waals surface area contributed by atoms with E-state index < -0.39 is 17.3 Å². The van der Waals surface area contributed by atoms with Gasteiger partial charge < -0.3 is 5.73 Å². The summed E-state index contributed by atoms with van der Waals surface area (Å²) in [7, 11) is 3.69. The summed E-state index contributed by atoms with van der Waals surface area (Å²) in [6.07, 6.45) is 0.469. The summed E-state index contributed by atoms with van der Waals surface area (Å²) >= 11 is 0. The van der Waals surface area contributed by atoms with Gasteiger partial charge in [-0.3, -0.25) is 4.90 Å². The molecule has 1 rings (SSSR count). The Labute approximate surface area is 88.7 Å². The molecule has 0 amide bonds. The van der Waals surface area contributed by atoms with E-state index in [2.05, 4.69) is 0 Å². The van der Waals surface area contributed by atoms with Crippen LogP contribution in [0.3, 0.4) is 0 Å². The van der Waals surface area contributed by atoms with Gasteiger partial charge in [0.2, 0.25) is 0 Å². The molecule has 0 spiro atoms. The van der Waals surface area contributed by atoms with Crippen molar-refractivity contribution in [2.45, 2.75) is 19.0 Å². The molecule has 1 aromatic carbocycles. The zero-order valence-electron chi connectivity index (χ0n) is 9.22. The third kappa shape index (κ3) is 2.97. The Morgan fingerprint density at radius 2 is 1.87 bits per heavy atom. The third-order valence-corrected chi connectivity index (χ3v) is 2.57.